The molecule has 1 aromatic carbocycles. The van der Waals surface area contributed by atoms with Crippen LogP contribution >= 0.6 is 11.6 Å². The highest BCUT2D eigenvalue weighted by Gasteiger charge is 2.37. The number of rotatable bonds is 2. The Labute approximate surface area is 181 Å². The highest BCUT2D eigenvalue weighted by Crippen LogP contribution is 2.36. The molecule has 0 N–H and O–H groups in total. The minimum Gasteiger partial charge on any atom is -0.444 e. The minimum atomic E-state index is -4.42. The zero-order valence-corrected chi connectivity index (χ0v) is 17.8. The van der Waals surface area contributed by atoms with Crippen LogP contribution in [-0.4, -0.2) is 44.4 Å². The van der Waals surface area contributed by atoms with Gasteiger partial charge in [0.25, 0.3) is 0 Å². The molecule has 0 saturated carbocycles. The van der Waals surface area contributed by atoms with Crippen molar-refractivity contribution in [2.24, 2.45) is 0 Å². The van der Waals surface area contributed by atoms with Gasteiger partial charge in [0, 0.05) is 24.8 Å². The Morgan fingerprint density at radius 1 is 1.13 bits per heavy atom. The third-order valence-corrected chi connectivity index (χ3v) is 5.19. The summed E-state index contributed by atoms with van der Waals surface area (Å²) in [6.07, 6.45) is -3.30. The summed E-state index contributed by atoms with van der Waals surface area (Å²) in [6, 6.07) is 6.23. The van der Waals surface area contributed by atoms with E-state index in [0.29, 0.717) is 40.4 Å². The Bertz CT molecular complexity index is 1130. The van der Waals surface area contributed by atoms with Crippen molar-refractivity contribution in [2.45, 2.75) is 38.6 Å². The maximum atomic E-state index is 12.9. The molecule has 0 bridgehead atoms. The number of pyridine rings is 1. The second-order valence-electron chi connectivity index (χ2n) is 8.40. The van der Waals surface area contributed by atoms with Crippen LogP contribution in [0.15, 0.2) is 36.5 Å². The van der Waals surface area contributed by atoms with Crippen molar-refractivity contribution >= 4 is 28.7 Å². The summed E-state index contributed by atoms with van der Waals surface area (Å²) >= 11 is 6.40. The van der Waals surface area contributed by atoms with Gasteiger partial charge in [-0.2, -0.15) is 18.3 Å². The van der Waals surface area contributed by atoms with Gasteiger partial charge in [0.15, 0.2) is 0 Å². The number of carbonyl (C=O) groups excluding carboxylic acids is 1. The summed E-state index contributed by atoms with van der Waals surface area (Å²) < 4.78 is 45.8. The Balaban J connectivity index is 1.65. The van der Waals surface area contributed by atoms with Gasteiger partial charge in [-0.3, -0.25) is 9.67 Å². The minimum absolute atomic E-state index is 0.153. The Kier molecular flexibility index (Phi) is 5.12. The van der Waals surface area contributed by atoms with E-state index in [1.807, 2.05) is 0 Å². The molecule has 0 atom stereocenters. The van der Waals surface area contributed by atoms with Crippen molar-refractivity contribution in [2.75, 3.05) is 13.1 Å². The van der Waals surface area contributed by atoms with Crippen molar-refractivity contribution in [3.05, 3.63) is 47.1 Å². The van der Waals surface area contributed by atoms with E-state index < -0.39 is 23.4 Å². The van der Waals surface area contributed by atoms with E-state index >= 15 is 0 Å². The first-order valence-corrected chi connectivity index (χ1v) is 10.00. The largest absolute Gasteiger partial charge is 0.444 e. The molecule has 1 aliphatic heterocycles. The molecule has 0 radical (unpaired) electrons. The lowest BCUT2D eigenvalue weighted by Crippen LogP contribution is -2.52. The van der Waals surface area contributed by atoms with Crippen molar-refractivity contribution < 1.29 is 22.7 Å². The molecule has 3 heterocycles. The fourth-order valence-corrected chi connectivity index (χ4v) is 3.62. The number of likely N-dealkylation sites (tertiary alicyclic amines) is 1. The van der Waals surface area contributed by atoms with Crippen LogP contribution in [0.5, 0.6) is 0 Å². The predicted molar refractivity (Wildman–Crippen MR) is 110 cm³/mol. The fourth-order valence-electron chi connectivity index (χ4n) is 3.39. The third-order valence-electron chi connectivity index (χ3n) is 4.88. The molecule has 1 aliphatic rings. The molecule has 0 spiro atoms. The molecule has 1 saturated heterocycles. The molecule has 4 rings (SSSR count). The van der Waals surface area contributed by atoms with Crippen LogP contribution < -0.4 is 0 Å². The maximum absolute atomic E-state index is 12.9. The summed E-state index contributed by atoms with van der Waals surface area (Å²) in [5, 5.41) is 5.03. The number of nitrogens with zero attached hydrogens (tertiary/aromatic N) is 4. The zero-order chi connectivity index (χ0) is 22.6. The molecule has 164 valence electrons. The lowest BCUT2D eigenvalue weighted by Gasteiger charge is -2.39. The molecular weight excluding hydrogens is 433 g/mol. The summed E-state index contributed by atoms with van der Waals surface area (Å²) in [6.45, 7) is 6.15. The Morgan fingerprint density at radius 2 is 1.77 bits per heavy atom. The lowest BCUT2D eigenvalue weighted by molar-refractivity contribution is -0.137. The molecule has 0 unspecified atom stereocenters. The van der Waals surface area contributed by atoms with E-state index in [1.165, 1.54) is 18.3 Å². The summed E-state index contributed by atoms with van der Waals surface area (Å²) in [5.41, 5.74) is 0.662. The molecule has 2 aromatic heterocycles. The number of fused-ring (bicyclic) bond motifs is 1. The summed E-state index contributed by atoms with van der Waals surface area (Å²) in [7, 11) is 0. The molecule has 3 aromatic rings. The van der Waals surface area contributed by atoms with Gasteiger partial charge in [-0.25, -0.2) is 4.79 Å². The highest BCUT2D eigenvalue weighted by atomic mass is 35.5. The maximum Gasteiger partial charge on any atom is 0.416 e. The second-order valence-corrected chi connectivity index (χ2v) is 8.80. The quantitative estimate of drug-likeness (QED) is 0.510. The van der Waals surface area contributed by atoms with Crippen LogP contribution in [0.4, 0.5) is 18.0 Å². The van der Waals surface area contributed by atoms with Gasteiger partial charge < -0.3 is 9.64 Å². The van der Waals surface area contributed by atoms with Crippen molar-refractivity contribution in [1.29, 1.82) is 0 Å². The Hall–Kier alpha value is -2.81. The van der Waals surface area contributed by atoms with Gasteiger partial charge in [0.2, 0.25) is 0 Å². The van der Waals surface area contributed by atoms with Crippen LogP contribution in [0.1, 0.15) is 32.4 Å². The van der Waals surface area contributed by atoms with E-state index in [9.17, 15) is 18.0 Å². The SMILES string of the molecule is CC(C)(C)OC(=O)N1CC(n2nc(-c3ccc(C(F)(F)F)cc3)c3nccc(Cl)c32)C1. The highest BCUT2D eigenvalue weighted by molar-refractivity contribution is 6.35. The molecule has 6 nitrogen and oxygen atoms in total. The number of hydrogen-bond donors (Lipinski definition) is 0. The molecule has 31 heavy (non-hydrogen) atoms. The van der Waals surface area contributed by atoms with Crippen LogP contribution in [-0.2, 0) is 10.9 Å². The molecular formula is C21H20ClF3N4O2. The van der Waals surface area contributed by atoms with Gasteiger partial charge in [0.1, 0.15) is 22.3 Å². The van der Waals surface area contributed by atoms with Crippen molar-refractivity contribution in [1.82, 2.24) is 19.7 Å². The number of carbonyl (C=O) groups is 1. The van der Waals surface area contributed by atoms with E-state index in [-0.39, 0.29) is 6.04 Å². The monoisotopic (exact) mass is 452 g/mol. The number of hydrogen-bond acceptors (Lipinski definition) is 4. The van der Waals surface area contributed by atoms with Crippen LogP contribution in [0.3, 0.4) is 0 Å². The van der Waals surface area contributed by atoms with Gasteiger partial charge in [-0.15, -0.1) is 0 Å². The van der Waals surface area contributed by atoms with Gasteiger partial charge >= 0.3 is 12.3 Å². The summed E-state index contributed by atoms with van der Waals surface area (Å²) in [4.78, 5) is 18.2. The Morgan fingerprint density at radius 3 is 2.35 bits per heavy atom. The average Bonchev–Trinajstić information content (AvgIpc) is 2.99. The fraction of sp³-hybridized carbons (Fsp3) is 0.381. The lowest BCUT2D eigenvalue weighted by atomic mass is 10.1. The smallest absolute Gasteiger partial charge is 0.416 e. The van der Waals surface area contributed by atoms with Crippen LogP contribution in [0.25, 0.3) is 22.3 Å². The van der Waals surface area contributed by atoms with Crippen LogP contribution in [0, 0.1) is 0 Å². The number of benzene rings is 1. The first-order valence-electron chi connectivity index (χ1n) is 9.62. The zero-order valence-electron chi connectivity index (χ0n) is 17.1. The normalized spacial score (nSPS) is 15.3. The topological polar surface area (TPSA) is 60.2 Å². The first-order chi connectivity index (χ1) is 14.4. The molecule has 10 heteroatoms. The van der Waals surface area contributed by atoms with E-state index in [1.54, 1.807) is 36.4 Å². The summed E-state index contributed by atoms with van der Waals surface area (Å²) in [5.74, 6) is 0. The van der Waals surface area contributed by atoms with Crippen LogP contribution in [0.2, 0.25) is 5.02 Å². The van der Waals surface area contributed by atoms with Gasteiger partial charge in [0.05, 0.1) is 16.6 Å². The van der Waals surface area contributed by atoms with Gasteiger partial charge in [-0.1, -0.05) is 23.7 Å². The molecule has 1 amide bonds. The average molecular weight is 453 g/mol. The number of aromatic nitrogens is 3. The standard InChI is InChI=1S/C21H20ClF3N4O2/c1-20(2,3)31-19(30)28-10-14(11-28)29-18-15(22)8-9-26-17(18)16(27-29)12-4-6-13(7-5-12)21(23,24)25/h4-9,14H,10-11H2,1-3H3. The number of amides is 1. The number of alkyl halides is 3. The number of halogens is 4. The van der Waals surface area contributed by atoms with E-state index in [4.69, 9.17) is 16.3 Å². The van der Waals surface area contributed by atoms with Gasteiger partial charge in [-0.05, 0) is 39.0 Å². The first kappa shape index (κ1) is 21.4. The predicted octanol–water partition coefficient (Wildman–Crippen LogP) is 5.56. The molecule has 0 aliphatic carbocycles. The van der Waals surface area contributed by atoms with E-state index in [0.717, 1.165) is 12.1 Å². The molecule has 1 fully saturated rings. The number of ether oxygens (including phenoxy) is 1. The van der Waals surface area contributed by atoms with Crippen molar-refractivity contribution in [3.8, 4) is 11.3 Å². The second kappa shape index (κ2) is 7.40. The third kappa shape index (κ3) is 4.19. The van der Waals surface area contributed by atoms with Crippen molar-refractivity contribution in [3.63, 3.8) is 0 Å². The van der Waals surface area contributed by atoms with E-state index in [2.05, 4.69) is 10.1 Å².